The second-order valence-electron chi connectivity index (χ2n) is 3.01. The van der Waals surface area contributed by atoms with Crippen LogP contribution in [0.25, 0.3) is 10.4 Å². The molecule has 80 valence electrons. The molecule has 1 saturated heterocycles. The maximum Gasteiger partial charge on any atom is 0.219 e. The molecule has 1 rings (SSSR count). The van der Waals surface area contributed by atoms with Crippen LogP contribution < -0.4 is 0 Å². The summed E-state index contributed by atoms with van der Waals surface area (Å²) in [6.45, 7) is -1.07. The van der Waals surface area contributed by atoms with Crippen LogP contribution in [0.3, 0.4) is 0 Å². The molecule has 0 radical (unpaired) electrons. The van der Waals surface area contributed by atoms with Crippen LogP contribution in [0, 0.1) is 0 Å². The van der Waals surface area contributed by atoms with Crippen molar-refractivity contribution in [2.45, 2.75) is 24.1 Å². The predicted molar refractivity (Wildman–Crippen MR) is 42.9 cm³/mol. The summed E-state index contributed by atoms with van der Waals surface area (Å²) in [6.07, 6.45) is -4.03. The van der Waals surface area contributed by atoms with E-state index in [1.165, 1.54) is 0 Å². The Kier molecular flexibility index (Phi) is 3.27. The van der Waals surface area contributed by atoms with Crippen LogP contribution in [0.5, 0.6) is 0 Å². The number of ether oxygens (including phenoxy) is 1. The van der Waals surface area contributed by atoms with E-state index in [4.69, 9.17) is 15.4 Å². The summed E-state index contributed by atoms with van der Waals surface area (Å²) in [5, 5.41) is 39.8. The number of hydrogen-bond donors (Lipinski definition) is 4. The lowest BCUT2D eigenvalue weighted by atomic mass is 10.1. The molecule has 1 heterocycles. The Hall–Kier alpha value is -0.890. The third-order valence-electron chi connectivity index (χ3n) is 2.07. The van der Waals surface area contributed by atoms with Crippen molar-refractivity contribution in [1.82, 2.24) is 0 Å². The maximum absolute atomic E-state index is 9.39. The Morgan fingerprint density at radius 2 is 2.14 bits per heavy atom. The zero-order valence-corrected chi connectivity index (χ0v) is 7.19. The lowest BCUT2D eigenvalue weighted by molar-refractivity contribution is -0.244. The van der Waals surface area contributed by atoms with Crippen LogP contribution in [0.15, 0.2) is 5.11 Å². The number of aliphatic hydroxyl groups excluding tert-OH is 3. The van der Waals surface area contributed by atoms with E-state index >= 15 is 0 Å². The van der Waals surface area contributed by atoms with Crippen molar-refractivity contribution >= 4 is 0 Å². The molecule has 0 amide bonds. The van der Waals surface area contributed by atoms with Gasteiger partial charge >= 0.3 is 0 Å². The zero-order valence-electron chi connectivity index (χ0n) is 7.19. The number of aliphatic hydroxyl groups is 4. The zero-order chi connectivity index (χ0) is 10.8. The monoisotopic (exact) mass is 205 g/mol. The number of nitrogens with zero attached hydrogens (tertiary/aromatic N) is 3. The van der Waals surface area contributed by atoms with Crippen LogP contribution in [0.1, 0.15) is 0 Å². The first-order valence-corrected chi connectivity index (χ1v) is 3.93. The van der Waals surface area contributed by atoms with Gasteiger partial charge in [0.15, 0.2) is 0 Å². The van der Waals surface area contributed by atoms with E-state index in [0.29, 0.717) is 0 Å². The second kappa shape index (κ2) is 4.09. The van der Waals surface area contributed by atoms with Gasteiger partial charge in [-0.15, -0.1) is 0 Å². The molecule has 0 saturated carbocycles. The summed E-state index contributed by atoms with van der Waals surface area (Å²) in [4.78, 5) is 2.44. The van der Waals surface area contributed by atoms with Gasteiger partial charge < -0.3 is 25.2 Å². The van der Waals surface area contributed by atoms with Gasteiger partial charge in [0.2, 0.25) is 5.79 Å². The molecule has 0 aromatic carbocycles. The van der Waals surface area contributed by atoms with Crippen molar-refractivity contribution in [3.05, 3.63) is 10.4 Å². The third kappa shape index (κ3) is 1.80. The van der Waals surface area contributed by atoms with Crippen molar-refractivity contribution in [3.63, 3.8) is 0 Å². The van der Waals surface area contributed by atoms with E-state index in [0.717, 1.165) is 0 Å². The van der Waals surface area contributed by atoms with Gasteiger partial charge in [-0.05, 0) is 5.53 Å². The quantitative estimate of drug-likeness (QED) is 0.242. The van der Waals surface area contributed by atoms with Gasteiger partial charge in [-0.3, -0.25) is 0 Å². The van der Waals surface area contributed by atoms with Gasteiger partial charge in [0.1, 0.15) is 12.2 Å². The summed E-state index contributed by atoms with van der Waals surface area (Å²) in [5.74, 6) is -2.19. The fraction of sp³-hybridized carbons (Fsp3) is 1.00. The minimum atomic E-state index is -2.19. The Bertz CT molecular complexity index is 256. The number of rotatable bonds is 3. The third-order valence-corrected chi connectivity index (χ3v) is 2.07. The van der Waals surface area contributed by atoms with Gasteiger partial charge in [0, 0.05) is 4.91 Å². The molecule has 8 heteroatoms. The van der Waals surface area contributed by atoms with E-state index in [-0.39, 0.29) is 6.54 Å². The molecule has 0 spiro atoms. The summed E-state index contributed by atoms with van der Waals surface area (Å²) in [5.41, 5.74) is 8.01. The van der Waals surface area contributed by atoms with Crippen LogP contribution in [0.4, 0.5) is 0 Å². The first-order chi connectivity index (χ1) is 6.55. The first kappa shape index (κ1) is 11.2. The minimum Gasteiger partial charge on any atom is -0.391 e. The van der Waals surface area contributed by atoms with Gasteiger partial charge in [-0.1, -0.05) is 5.11 Å². The van der Waals surface area contributed by atoms with Gasteiger partial charge in [0.25, 0.3) is 0 Å². The molecule has 0 aliphatic carbocycles. The van der Waals surface area contributed by atoms with Crippen molar-refractivity contribution < 1.29 is 25.2 Å². The fourth-order valence-corrected chi connectivity index (χ4v) is 1.26. The Balaban J connectivity index is 2.71. The molecular formula is C6H11N3O5. The SMILES string of the molecule is [N-]=[N+]=NC[C@@H]1OC(O)(CO)C(O)C1O. The average Bonchev–Trinajstić information content (AvgIpc) is 2.41. The average molecular weight is 205 g/mol. The van der Waals surface area contributed by atoms with Crippen LogP contribution in [-0.2, 0) is 4.74 Å². The second-order valence-corrected chi connectivity index (χ2v) is 3.01. The summed E-state index contributed by atoms with van der Waals surface area (Å²) >= 11 is 0. The highest BCUT2D eigenvalue weighted by atomic mass is 16.7. The van der Waals surface area contributed by atoms with Crippen molar-refractivity contribution in [2.24, 2.45) is 5.11 Å². The first-order valence-electron chi connectivity index (χ1n) is 3.93. The molecule has 4 atom stereocenters. The molecule has 0 aromatic rings. The van der Waals surface area contributed by atoms with Crippen LogP contribution >= 0.6 is 0 Å². The molecule has 8 nitrogen and oxygen atoms in total. The van der Waals surface area contributed by atoms with Crippen molar-refractivity contribution in [2.75, 3.05) is 13.2 Å². The van der Waals surface area contributed by atoms with Crippen LogP contribution in [-0.4, -0.2) is 57.7 Å². The lowest BCUT2D eigenvalue weighted by Gasteiger charge is -2.22. The fourth-order valence-electron chi connectivity index (χ4n) is 1.26. The Morgan fingerprint density at radius 1 is 1.50 bits per heavy atom. The normalized spacial score (nSPS) is 42.1. The molecule has 4 N–H and O–H groups in total. The number of azide groups is 1. The van der Waals surface area contributed by atoms with E-state index in [2.05, 4.69) is 10.0 Å². The smallest absolute Gasteiger partial charge is 0.219 e. The van der Waals surface area contributed by atoms with Gasteiger partial charge in [-0.25, -0.2) is 0 Å². The highest BCUT2D eigenvalue weighted by molar-refractivity contribution is 4.95. The molecule has 1 aliphatic rings. The topological polar surface area (TPSA) is 139 Å². The van der Waals surface area contributed by atoms with E-state index in [1.807, 2.05) is 0 Å². The Morgan fingerprint density at radius 3 is 2.57 bits per heavy atom. The lowest BCUT2D eigenvalue weighted by Crippen LogP contribution is -2.46. The van der Waals surface area contributed by atoms with Crippen molar-refractivity contribution in [1.29, 1.82) is 0 Å². The summed E-state index contributed by atoms with van der Waals surface area (Å²) in [7, 11) is 0. The van der Waals surface area contributed by atoms with E-state index < -0.39 is 30.7 Å². The molecule has 1 fully saturated rings. The highest BCUT2D eigenvalue weighted by Gasteiger charge is 2.52. The molecule has 0 bridgehead atoms. The summed E-state index contributed by atoms with van der Waals surface area (Å²) < 4.78 is 4.77. The van der Waals surface area contributed by atoms with Crippen LogP contribution in [0.2, 0.25) is 0 Å². The molecule has 3 unspecified atom stereocenters. The summed E-state index contributed by atoms with van der Waals surface area (Å²) in [6, 6.07) is 0. The standard InChI is InChI=1S/C6H11N3O5/c7-9-8-1-3-4(11)5(12)6(13,2-10)14-3/h3-5,10-13H,1-2H2/t3-,4?,5?,6?/m0/s1. The predicted octanol–water partition coefficient (Wildman–Crippen LogP) is -1.90. The minimum absolute atomic E-state index is 0.225. The largest absolute Gasteiger partial charge is 0.391 e. The van der Waals surface area contributed by atoms with E-state index in [1.54, 1.807) is 0 Å². The van der Waals surface area contributed by atoms with Crippen molar-refractivity contribution in [3.8, 4) is 0 Å². The molecule has 1 aliphatic heterocycles. The van der Waals surface area contributed by atoms with Gasteiger partial charge in [0.05, 0.1) is 19.3 Å². The maximum atomic E-state index is 9.39. The molecular weight excluding hydrogens is 194 g/mol. The van der Waals surface area contributed by atoms with Gasteiger partial charge in [-0.2, -0.15) is 0 Å². The highest BCUT2D eigenvalue weighted by Crippen LogP contribution is 2.28. The molecule has 14 heavy (non-hydrogen) atoms. The Labute approximate surface area is 79.0 Å². The molecule has 0 aromatic heterocycles. The number of hydrogen-bond acceptors (Lipinski definition) is 6. The van der Waals surface area contributed by atoms with E-state index in [9.17, 15) is 15.3 Å².